The highest BCUT2D eigenvalue weighted by molar-refractivity contribution is 4.93. The molecular weight excluding hydrogens is 256 g/mol. The summed E-state index contributed by atoms with van der Waals surface area (Å²) < 4.78 is 0. The Bertz CT molecular complexity index is 296. The van der Waals surface area contributed by atoms with E-state index in [1.165, 1.54) is 32.2 Å². The Kier molecular flexibility index (Phi) is 7.19. The molecule has 2 heteroatoms. The molecule has 21 heavy (non-hydrogen) atoms. The van der Waals surface area contributed by atoms with Crippen LogP contribution in [0, 0.1) is 23.2 Å². The van der Waals surface area contributed by atoms with E-state index in [0.29, 0.717) is 23.4 Å². The molecule has 126 valence electrons. The zero-order valence-electron chi connectivity index (χ0n) is 15.7. The average Bonchev–Trinajstić information content (AvgIpc) is 2.43. The number of nitrogens with zero attached hydrogens (tertiary/aromatic N) is 1. The number of hydrogen-bond acceptors (Lipinski definition) is 2. The first-order valence-electron chi connectivity index (χ1n) is 9.18. The largest absolute Gasteiger partial charge is 0.330 e. The molecular formula is C19H40N2. The standard InChI is InChI=1S/C19H40N2/c1-8-19(6,7)17-10-9-16(12-20)18(11-17)21(15(4)5)13-14(2)3/h14-18H,8-13,20H2,1-7H3. The Hall–Kier alpha value is -0.0800. The molecule has 0 spiro atoms. The van der Waals surface area contributed by atoms with Crippen LogP contribution in [0.2, 0.25) is 0 Å². The van der Waals surface area contributed by atoms with Gasteiger partial charge in [0.15, 0.2) is 0 Å². The van der Waals surface area contributed by atoms with Crippen LogP contribution in [0.4, 0.5) is 0 Å². The highest BCUT2D eigenvalue weighted by atomic mass is 15.2. The fraction of sp³-hybridized carbons (Fsp3) is 1.00. The van der Waals surface area contributed by atoms with E-state index in [1.54, 1.807) is 0 Å². The summed E-state index contributed by atoms with van der Waals surface area (Å²) in [4.78, 5) is 2.75. The van der Waals surface area contributed by atoms with Gasteiger partial charge in [0, 0.05) is 18.6 Å². The van der Waals surface area contributed by atoms with E-state index in [9.17, 15) is 0 Å². The first-order chi connectivity index (χ1) is 9.72. The summed E-state index contributed by atoms with van der Waals surface area (Å²) in [5, 5.41) is 0. The van der Waals surface area contributed by atoms with Crippen LogP contribution in [0.1, 0.15) is 74.1 Å². The van der Waals surface area contributed by atoms with Gasteiger partial charge in [0.05, 0.1) is 0 Å². The fourth-order valence-electron chi connectivity index (χ4n) is 4.04. The zero-order valence-corrected chi connectivity index (χ0v) is 15.7. The lowest BCUT2D eigenvalue weighted by molar-refractivity contribution is 0.0159. The lowest BCUT2D eigenvalue weighted by Crippen LogP contribution is -2.52. The monoisotopic (exact) mass is 296 g/mol. The van der Waals surface area contributed by atoms with Crippen molar-refractivity contribution in [2.45, 2.75) is 86.2 Å². The highest BCUT2D eigenvalue weighted by Crippen LogP contribution is 2.43. The third-order valence-corrected chi connectivity index (χ3v) is 5.94. The van der Waals surface area contributed by atoms with E-state index in [2.05, 4.69) is 53.4 Å². The van der Waals surface area contributed by atoms with Crippen molar-refractivity contribution in [1.29, 1.82) is 0 Å². The molecule has 0 aromatic rings. The maximum absolute atomic E-state index is 6.12. The summed E-state index contributed by atoms with van der Waals surface area (Å²) in [6, 6.07) is 1.30. The smallest absolute Gasteiger partial charge is 0.0141 e. The van der Waals surface area contributed by atoms with E-state index >= 15 is 0 Å². The number of hydrogen-bond donors (Lipinski definition) is 1. The summed E-state index contributed by atoms with van der Waals surface area (Å²) in [7, 11) is 0. The van der Waals surface area contributed by atoms with E-state index < -0.39 is 0 Å². The van der Waals surface area contributed by atoms with Crippen LogP contribution in [0.15, 0.2) is 0 Å². The topological polar surface area (TPSA) is 29.3 Å². The summed E-state index contributed by atoms with van der Waals surface area (Å²) in [5.41, 5.74) is 6.59. The molecule has 0 aliphatic heterocycles. The molecule has 0 radical (unpaired) electrons. The van der Waals surface area contributed by atoms with Crippen molar-refractivity contribution in [3.8, 4) is 0 Å². The van der Waals surface area contributed by atoms with Gasteiger partial charge in [-0.1, -0.05) is 41.0 Å². The molecule has 0 saturated heterocycles. The average molecular weight is 297 g/mol. The maximum Gasteiger partial charge on any atom is 0.0141 e. The molecule has 3 unspecified atom stereocenters. The Morgan fingerprint density at radius 3 is 2.19 bits per heavy atom. The van der Waals surface area contributed by atoms with Gasteiger partial charge >= 0.3 is 0 Å². The van der Waals surface area contributed by atoms with Crippen LogP contribution in [-0.2, 0) is 0 Å². The molecule has 1 fully saturated rings. The molecule has 2 N–H and O–H groups in total. The van der Waals surface area contributed by atoms with Gasteiger partial charge in [0.25, 0.3) is 0 Å². The second-order valence-electron chi connectivity index (χ2n) is 8.60. The molecule has 3 atom stereocenters. The lowest BCUT2D eigenvalue weighted by Gasteiger charge is -2.48. The van der Waals surface area contributed by atoms with Crippen molar-refractivity contribution < 1.29 is 0 Å². The molecule has 0 bridgehead atoms. The van der Waals surface area contributed by atoms with E-state index in [4.69, 9.17) is 5.73 Å². The van der Waals surface area contributed by atoms with Gasteiger partial charge in [-0.3, -0.25) is 4.90 Å². The summed E-state index contributed by atoms with van der Waals surface area (Å²) in [5.74, 6) is 2.27. The minimum absolute atomic E-state index is 0.471. The van der Waals surface area contributed by atoms with Crippen LogP contribution < -0.4 is 5.73 Å². The van der Waals surface area contributed by atoms with Crippen molar-refractivity contribution in [3.05, 3.63) is 0 Å². The van der Waals surface area contributed by atoms with Gasteiger partial charge in [-0.05, 0) is 62.8 Å². The van der Waals surface area contributed by atoms with Crippen LogP contribution in [0.3, 0.4) is 0 Å². The SMILES string of the molecule is CCC(C)(C)C1CCC(CN)C(N(CC(C)C)C(C)C)C1. The van der Waals surface area contributed by atoms with E-state index in [0.717, 1.165) is 18.4 Å². The van der Waals surface area contributed by atoms with Crippen molar-refractivity contribution in [1.82, 2.24) is 4.90 Å². The van der Waals surface area contributed by atoms with Crippen LogP contribution in [0.25, 0.3) is 0 Å². The maximum atomic E-state index is 6.12. The normalized spacial score (nSPS) is 27.9. The van der Waals surface area contributed by atoms with E-state index in [1.807, 2.05) is 0 Å². The van der Waals surface area contributed by atoms with Crippen LogP contribution in [0.5, 0.6) is 0 Å². The molecule has 1 aliphatic rings. The molecule has 0 heterocycles. The van der Waals surface area contributed by atoms with Crippen molar-refractivity contribution >= 4 is 0 Å². The number of rotatable bonds is 7. The second-order valence-corrected chi connectivity index (χ2v) is 8.60. The third-order valence-electron chi connectivity index (χ3n) is 5.94. The minimum Gasteiger partial charge on any atom is -0.330 e. The minimum atomic E-state index is 0.471. The highest BCUT2D eigenvalue weighted by Gasteiger charge is 2.39. The van der Waals surface area contributed by atoms with Gasteiger partial charge in [-0.15, -0.1) is 0 Å². The summed E-state index contributed by atoms with van der Waals surface area (Å²) in [6.07, 6.45) is 5.31. The molecule has 0 aromatic heterocycles. The quantitative estimate of drug-likeness (QED) is 0.747. The van der Waals surface area contributed by atoms with Crippen LogP contribution in [-0.4, -0.2) is 30.1 Å². The predicted octanol–water partition coefficient (Wildman–Crippen LogP) is 4.53. The Labute approximate surface area is 133 Å². The summed E-state index contributed by atoms with van der Waals surface area (Å²) in [6.45, 7) is 18.7. The molecule has 0 amide bonds. The first-order valence-corrected chi connectivity index (χ1v) is 9.18. The second kappa shape index (κ2) is 7.97. The van der Waals surface area contributed by atoms with Crippen LogP contribution >= 0.6 is 0 Å². The molecule has 1 saturated carbocycles. The molecule has 0 aromatic carbocycles. The lowest BCUT2D eigenvalue weighted by atomic mass is 9.65. The van der Waals surface area contributed by atoms with Gasteiger partial charge in [-0.2, -0.15) is 0 Å². The third kappa shape index (κ3) is 4.96. The molecule has 2 nitrogen and oxygen atoms in total. The Morgan fingerprint density at radius 1 is 1.14 bits per heavy atom. The predicted molar refractivity (Wildman–Crippen MR) is 94.4 cm³/mol. The zero-order chi connectivity index (χ0) is 16.2. The van der Waals surface area contributed by atoms with Gasteiger partial charge < -0.3 is 5.73 Å². The van der Waals surface area contributed by atoms with Crippen molar-refractivity contribution in [3.63, 3.8) is 0 Å². The number of nitrogens with two attached hydrogens (primary N) is 1. The fourth-order valence-corrected chi connectivity index (χ4v) is 4.04. The molecule has 1 aliphatic carbocycles. The first kappa shape index (κ1) is 19.0. The van der Waals surface area contributed by atoms with Gasteiger partial charge in [0.1, 0.15) is 0 Å². The van der Waals surface area contributed by atoms with Gasteiger partial charge in [0.2, 0.25) is 0 Å². The summed E-state index contributed by atoms with van der Waals surface area (Å²) >= 11 is 0. The van der Waals surface area contributed by atoms with Gasteiger partial charge in [-0.25, -0.2) is 0 Å². The molecule has 1 rings (SSSR count). The van der Waals surface area contributed by atoms with Crippen molar-refractivity contribution in [2.24, 2.45) is 28.9 Å². The Balaban J connectivity index is 2.91. The van der Waals surface area contributed by atoms with Crippen molar-refractivity contribution in [2.75, 3.05) is 13.1 Å². The Morgan fingerprint density at radius 2 is 1.76 bits per heavy atom. The van der Waals surface area contributed by atoms with E-state index in [-0.39, 0.29) is 0 Å².